The summed E-state index contributed by atoms with van der Waals surface area (Å²) in [5.41, 5.74) is 5.22. The number of carbonyl (C=O) groups is 2. The summed E-state index contributed by atoms with van der Waals surface area (Å²) in [6.45, 7) is 7.82. The number of carbonyl (C=O) groups excluding carboxylic acids is 2. The molecule has 0 aromatic carbocycles. The van der Waals surface area contributed by atoms with Crippen LogP contribution in [0.2, 0.25) is 0 Å². The van der Waals surface area contributed by atoms with E-state index in [9.17, 15) is 9.59 Å². The minimum absolute atomic E-state index is 0.0777. The molecule has 0 bridgehead atoms. The highest BCUT2D eigenvalue weighted by atomic mass is 16.2. The van der Waals surface area contributed by atoms with E-state index in [2.05, 4.69) is 10.6 Å². The normalized spacial score (nSPS) is 14.6. The number of nitrogens with two attached hydrogens (primary N) is 1. The zero-order valence-corrected chi connectivity index (χ0v) is 10.5. The summed E-state index contributed by atoms with van der Waals surface area (Å²) in [6, 6.07) is -0.303. The monoisotopic (exact) mass is 229 g/mol. The van der Waals surface area contributed by atoms with Crippen LogP contribution in [0.25, 0.3) is 0 Å². The molecule has 4 N–H and O–H groups in total. The van der Waals surface area contributed by atoms with Crippen LogP contribution in [-0.2, 0) is 9.59 Å². The molecule has 5 heteroatoms. The summed E-state index contributed by atoms with van der Waals surface area (Å²) in [5, 5.41) is 5.67. The van der Waals surface area contributed by atoms with Crippen LogP contribution in [0.1, 0.15) is 34.1 Å². The maximum atomic E-state index is 11.4. The Bertz CT molecular complexity index is 241. The fraction of sp³-hybridized carbons (Fsp3) is 0.818. The Kier molecular flexibility index (Phi) is 6.72. The van der Waals surface area contributed by atoms with E-state index >= 15 is 0 Å². The van der Waals surface area contributed by atoms with E-state index in [0.29, 0.717) is 0 Å². The maximum Gasteiger partial charge on any atom is 0.234 e. The van der Waals surface area contributed by atoms with E-state index in [4.69, 9.17) is 5.73 Å². The maximum absolute atomic E-state index is 11.4. The average molecular weight is 229 g/mol. The van der Waals surface area contributed by atoms with Gasteiger partial charge in [0.15, 0.2) is 0 Å². The molecule has 2 amide bonds. The zero-order valence-electron chi connectivity index (χ0n) is 10.5. The van der Waals surface area contributed by atoms with Crippen molar-refractivity contribution in [2.24, 2.45) is 11.7 Å². The predicted octanol–water partition coefficient (Wildman–Crippen LogP) is 0.000600. The molecule has 5 nitrogen and oxygen atoms in total. The summed E-state index contributed by atoms with van der Waals surface area (Å²) in [7, 11) is 0. The summed E-state index contributed by atoms with van der Waals surface area (Å²) in [5.74, 6) is -0.457. The van der Waals surface area contributed by atoms with Crippen LogP contribution in [0.5, 0.6) is 0 Å². The lowest BCUT2D eigenvalue weighted by Gasteiger charge is -2.19. The second-order valence-corrected chi connectivity index (χ2v) is 4.38. The van der Waals surface area contributed by atoms with Crippen molar-refractivity contribution in [3.05, 3.63) is 0 Å². The molecule has 0 aliphatic rings. The van der Waals surface area contributed by atoms with Gasteiger partial charge in [-0.05, 0) is 19.3 Å². The molecule has 0 radical (unpaired) electrons. The first kappa shape index (κ1) is 14.9. The molecule has 0 aliphatic heterocycles. The molecule has 0 aromatic rings. The molecule has 16 heavy (non-hydrogen) atoms. The molecule has 0 saturated heterocycles. The Hall–Kier alpha value is -1.10. The van der Waals surface area contributed by atoms with Crippen LogP contribution < -0.4 is 16.4 Å². The standard InChI is InChI=1S/C11H23N3O2/c1-5-8(4)14-9(15)6-13-10(7(2)3)11(12)16/h7-8,10,13H,5-6H2,1-4H3,(H2,12,16)(H,14,15). The van der Waals surface area contributed by atoms with Gasteiger partial charge < -0.3 is 11.1 Å². The van der Waals surface area contributed by atoms with Crippen LogP contribution in [0.15, 0.2) is 0 Å². The van der Waals surface area contributed by atoms with Gasteiger partial charge in [0.1, 0.15) is 0 Å². The molecule has 94 valence electrons. The van der Waals surface area contributed by atoms with Gasteiger partial charge in [0.05, 0.1) is 12.6 Å². The number of nitrogens with one attached hydrogen (secondary N) is 2. The van der Waals surface area contributed by atoms with Crippen molar-refractivity contribution in [2.75, 3.05) is 6.54 Å². The van der Waals surface area contributed by atoms with Crippen molar-refractivity contribution < 1.29 is 9.59 Å². The second-order valence-electron chi connectivity index (χ2n) is 4.38. The van der Waals surface area contributed by atoms with E-state index in [-0.39, 0.29) is 24.4 Å². The Morgan fingerprint density at radius 2 is 1.81 bits per heavy atom. The highest BCUT2D eigenvalue weighted by Gasteiger charge is 2.19. The third kappa shape index (κ3) is 5.70. The van der Waals surface area contributed by atoms with Crippen LogP contribution in [-0.4, -0.2) is 30.4 Å². The lowest BCUT2D eigenvalue weighted by atomic mass is 10.0. The predicted molar refractivity (Wildman–Crippen MR) is 63.7 cm³/mol. The Balaban J connectivity index is 4.02. The molecule has 0 saturated carbocycles. The first-order valence-corrected chi connectivity index (χ1v) is 5.70. The van der Waals surface area contributed by atoms with Gasteiger partial charge >= 0.3 is 0 Å². The molecule has 2 unspecified atom stereocenters. The fourth-order valence-electron chi connectivity index (χ4n) is 1.30. The molecular weight excluding hydrogens is 206 g/mol. The molecule has 0 aromatic heterocycles. The van der Waals surface area contributed by atoms with E-state index in [1.54, 1.807) is 0 Å². The lowest BCUT2D eigenvalue weighted by Crippen LogP contribution is -2.49. The lowest BCUT2D eigenvalue weighted by molar-refractivity contribution is -0.122. The Morgan fingerprint density at radius 3 is 2.19 bits per heavy atom. The van der Waals surface area contributed by atoms with Gasteiger partial charge in [-0.1, -0.05) is 20.8 Å². The SMILES string of the molecule is CCC(C)NC(=O)CNC(C(N)=O)C(C)C. The quantitative estimate of drug-likeness (QED) is 0.574. The van der Waals surface area contributed by atoms with Crippen molar-refractivity contribution in [2.45, 2.75) is 46.2 Å². The highest BCUT2D eigenvalue weighted by Crippen LogP contribution is 1.99. The first-order chi connectivity index (χ1) is 7.38. The smallest absolute Gasteiger partial charge is 0.234 e. The zero-order chi connectivity index (χ0) is 12.7. The molecule has 2 atom stereocenters. The summed E-state index contributed by atoms with van der Waals surface area (Å²) in [6.07, 6.45) is 0.884. The Morgan fingerprint density at radius 1 is 1.25 bits per heavy atom. The van der Waals surface area contributed by atoms with Crippen molar-refractivity contribution in [1.82, 2.24) is 10.6 Å². The third-order valence-corrected chi connectivity index (χ3v) is 2.48. The number of hydrogen-bond acceptors (Lipinski definition) is 3. The molecule has 0 aliphatic carbocycles. The summed E-state index contributed by atoms with van der Waals surface area (Å²) in [4.78, 5) is 22.5. The molecule has 0 heterocycles. The molecular formula is C11H23N3O2. The molecule has 0 fully saturated rings. The van der Waals surface area contributed by atoms with Crippen molar-refractivity contribution in [1.29, 1.82) is 0 Å². The molecule has 0 rings (SSSR count). The fourth-order valence-corrected chi connectivity index (χ4v) is 1.30. The minimum atomic E-state index is -0.456. The Labute approximate surface area is 97.2 Å². The van der Waals surface area contributed by atoms with Gasteiger partial charge in [-0.2, -0.15) is 0 Å². The number of primary amides is 1. The number of amides is 2. The van der Waals surface area contributed by atoms with Crippen LogP contribution in [0.4, 0.5) is 0 Å². The van der Waals surface area contributed by atoms with Gasteiger partial charge in [-0.25, -0.2) is 0 Å². The van der Waals surface area contributed by atoms with E-state index in [1.807, 2.05) is 27.7 Å². The van der Waals surface area contributed by atoms with Crippen LogP contribution >= 0.6 is 0 Å². The van der Waals surface area contributed by atoms with E-state index < -0.39 is 11.9 Å². The van der Waals surface area contributed by atoms with Gasteiger partial charge in [0.25, 0.3) is 0 Å². The average Bonchev–Trinajstić information content (AvgIpc) is 2.16. The largest absolute Gasteiger partial charge is 0.368 e. The van der Waals surface area contributed by atoms with Crippen molar-refractivity contribution >= 4 is 11.8 Å². The second kappa shape index (κ2) is 7.22. The van der Waals surface area contributed by atoms with Gasteiger partial charge in [-0.15, -0.1) is 0 Å². The minimum Gasteiger partial charge on any atom is -0.368 e. The molecule has 0 spiro atoms. The van der Waals surface area contributed by atoms with Crippen LogP contribution in [0.3, 0.4) is 0 Å². The first-order valence-electron chi connectivity index (χ1n) is 5.70. The van der Waals surface area contributed by atoms with Crippen molar-refractivity contribution in [3.8, 4) is 0 Å². The van der Waals surface area contributed by atoms with E-state index in [1.165, 1.54) is 0 Å². The van der Waals surface area contributed by atoms with Gasteiger partial charge in [0.2, 0.25) is 11.8 Å². The third-order valence-electron chi connectivity index (χ3n) is 2.48. The summed E-state index contributed by atoms with van der Waals surface area (Å²) < 4.78 is 0. The van der Waals surface area contributed by atoms with Gasteiger partial charge in [0, 0.05) is 6.04 Å². The topological polar surface area (TPSA) is 84.2 Å². The van der Waals surface area contributed by atoms with E-state index in [0.717, 1.165) is 6.42 Å². The van der Waals surface area contributed by atoms with Crippen molar-refractivity contribution in [3.63, 3.8) is 0 Å². The van der Waals surface area contributed by atoms with Crippen LogP contribution in [0, 0.1) is 5.92 Å². The highest BCUT2D eigenvalue weighted by molar-refractivity contribution is 5.82. The summed E-state index contributed by atoms with van der Waals surface area (Å²) >= 11 is 0. The number of rotatable bonds is 7. The number of hydrogen-bond donors (Lipinski definition) is 3. The van der Waals surface area contributed by atoms with Gasteiger partial charge in [-0.3, -0.25) is 14.9 Å².